The fourth-order valence-electron chi connectivity index (χ4n) is 7.82. The van der Waals surface area contributed by atoms with E-state index in [1.54, 1.807) is 37.0 Å². The second-order valence-corrected chi connectivity index (χ2v) is 19.6. The second kappa shape index (κ2) is 10.7. The Balaban J connectivity index is 1.66. The van der Waals surface area contributed by atoms with Crippen molar-refractivity contribution in [3.63, 3.8) is 0 Å². The number of fused-ring (bicyclic) bond motifs is 1. The average molecular weight is 525 g/mol. The molecule has 1 saturated carbocycles. The maximum atomic E-state index is 2.68. The first-order valence-corrected chi connectivity index (χ1v) is 19.0. The summed E-state index contributed by atoms with van der Waals surface area (Å²) >= 11 is -1.43. The van der Waals surface area contributed by atoms with Crippen molar-refractivity contribution < 1.29 is 21.8 Å². The first kappa shape index (κ1) is 25.7. The van der Waals surface area contributed by atoms with Crippen molar-refractivity contribution in [1.82, 2.24) is 0 Å². The van der Waals surface area contributed by atoms with E-state index in [-0.39, 0.29) is 10.8 Å². The Morgan fingerprint density at radius 1 is 1.03 bits per heavy atom. The normalized spacial score (nSPS) is 35.6. The van der Waals surface area contributed by atoms with Gasteiger partial charge in [-0.1, -0.05) is 0 Å². The monoisotopic (exact) mass is 523 g/mol. The van der Waals surface area contributed by atoms with E-state index < -0.39 is 21.8 Å². The van der Waals surface area contributed by atoms with Crippen molar-refractivity contribution in [3.05, 3.63) is 58.7 Å². The van der Waals surface area contributed by atoms with Crippen LogP contribution in [0.15, 0.2) is 58.7 Å². The molecular formula is C32H49Zr. The van der Waals surface area contributed by atoms with Crippen molar-refractivity contribution in [1.29, 1.82) is 0 Å². The van der Waals surface area contributed by atoms with Crippen molar-refractivity contribution in [2.75, 3.05) is 0 Å². The summed E-state index contributed by atoms with van der Waals surface area (Å²) in [5, 5.41) is 0. The van der Waals surface area contributed by atoms with E-state index in [0.29, 0.717) is 0 Å². The molecule has 4 rings (SSSR count). The Hall–Kier alpha value is -0.417. The van der Waals surface area contributed by atoms with Gasteiger partial charge in [0.05, 0.1) is 0 Å². The Bertz CT molecular complexity index is 859. The van der Waals surface area contributed by atoms with E-state index in [1.807, 2.05) is 0 Å². The van der Waals surface area contributed by atoms with Gasteiger partial charge in [-0.2, -0.15) is 0 Å². The summed E-state index contributed by atoms with van der Waals surface area (Å²) in [6, 6.07) is 0. The van der Waals surface area contributed by atoms with E-state index in [2.05, 4.69) is 78.0 Å². The van der Waals surface area contributed by atoms with Crippen molar-refractivity contribution in [3.8, 4) is 0 Å². The van der Waals surface area contributed by atoms with Gasteiger partial charge in [-0.15, -0.1) is 0 Å². The van der Waals surface area contributed by atoms with E-state index in [1.165, 1.54) is 44.9 Å². The van der Waals surface area contributed by atoms with Crippen LogP contribution in [-0.2, 0) is 21.8 Å². The molecule has 0 aromatic rings. The molecule has 0 amide bonds. The van der Waals surface area contributed by atoms with Gasteiger partial charge < -0.3 is 0 Å². The molecule has 5 unspecified atom stereocenters. The van der Waals surface area contributed by atoms with E-state index >= 15 is 0 Å². The number of allylic oxidation sites excluding steroid dienone is 10. The quantitative estimate of drug-likeness (QED) is 0.263. The van der Waals surface area contributed by atoms with Gasteiger partial charge in [0.15, 0.2) is 0 Å². The predicted octanol–water partition coefficient (Wildman–Crippen LogP) is 10.4. The van der Waals surface area contributed by atoms with Gasteiger partial charge in [0.2, 0.25) is 0 Å². The van der Waals surface area contributed by atoms with Gasteiger partial charge >= 0.3 is 214 Å². The Labute approximate surface area is 213 Å². The molecule has 33 heavy (non-hydrogen) atoms. The van der Waals surface area contributed by atoms with Crippen LogP contribution in [0.4, 0.5) is 0 Å². The summed E-state index contributed by atoms with van der Waals surface area (Å²) in [5.74, 6) is 1.85. The Morgan fingerprint density at radius 3 is 2.33 bits per heavy atom. The fraction of sp³-hybridized carbons (Fsp3) is 0.688. The van der Waals surface area contributed by atoms with E-state index in [9.17, 15) is 0 Å². The molecule has 0 bridgehead atoms. The molecule has 1 heteroatoms. The summed E-state index contributed by atoms with van der Waals surface area (Å²) in [6.07, 6.45) is 27.3. The third-order valence-corrected chi connectivity index (χ3v) is 19.2. The summed E-state index contributed by atoms with van der Waals surface area (Å²) in [6.45, 7) is 14.9. The van der Waals surface area contributed by atoms with E-state index in [4.69, 9.17) is 0 Å². The molecule has 0 N–H and O–H groups in total. The Kier molecular flexibility index (Phi) is 8.31. The van der Waals surface area contributed by atoms with Crippen LogP contribution in [0.2, 0.25) is 11.9 Å². The van der Waals surface area contributed by atoms with Gasteiger partial charge in [-0.05, 0) is 0 Å². The van der Waals surface area contributed by atoms with Crippen LogP contribution < -0.4 is 0 Å². The zero-order valence-corrected chi connectivity index (χ0v) is 24.9. The fourth-order valence-corrected chi connectivity index (χ4v) is 18.4. The first-order valence-electron chi connectivity index (χ1n) is 14.1. The van der Waals surface area contributed by atoms with Crippen LogP contribution in [0, 0.1) is 22.7 Å². The molecule has 181 valence electrons. The molecule has 5 atom stereocenters. The number of hydrogen-bond donors (Lipinski definition) is 0. The third-order valence-electron chi connectivity index (χ3n) is 10.2. The molecular weight excluding hydrogens is 476 g/mol. The summed E-state index contributed by atoms with van der Waals surface area (Å²) in [5.41, 5.74) is 7.17. The van der Waals surface area contributed by atoms with Crippen LogP contribution in [0.5, 0.6) is 0 Å². The number of hydrogen-bond acceptors (Lipinski definition) is 0. The van der Waals surface area contributed by atoms with Gasteiger partial charge in [-0.25, -0.2) is 0 Å². The standard InChI is InChI=1S/C24H31.2C4H9.Zr/c1-17-16-19-8-7-11-22(19)24(4,18(17)2)21-12-14-23(3,15-13-21)20-9-5-6-10-20;2*1-3-4-2;/h5-6,9,11-14,19,22H,7-8,10,15-16H2,1-4H3;2*1,3-4H2,2H3;. The SMILES string of the molecule is CCC[CH2][Zr]([CH2]CCC)[CH]1CCC2CC(C)=C(C)C(C)(C3=CCC(C)(C4=CC=CC4)C=C3)C21. The molecule has 0 radical (unpaired) electrons. The van der Waals surface area contributed by atoms with Crippen LogP contribution >= 0.6 is 0 Å². The molecule has 0 spiro atoms. The van der Waals surface area contributed by atoms with Crippen LogP contribution in [-0.4, -0.2) is 0 Å². The van der Waals surface area contributed by atoms with Gasteiger partial charge in [0.1, 0.15) is 0 Å². The second-order valence-electron chi connectivity index (χ2n) is 12.1. The molecule has 1 fully saturated rings. The molecule has 0 aromatic carbocycles. The first-order chi connectivity index (χ1) is 15.8. The van der Waals surface area contributed by atoms with Crippen LogP contribution in [0.3, 0.4) is 0 Å². The average Bonchev–Trinajstić information content (AvgIpc) is 3.49. The molecule has 4 aliphatic carbocycles. The predicted molar refractivity (Wildman–Crippen MR) is 142 cm³/mol. The van der Waals surface area contributed by atoms with Gasteiger partial charge in [-0.3, -0.25) is 0 Å². The number of unbranched alkanes of at least 4 members (excludes halogenated alkanes) is 2. The van der Waals surface area contributed by atoms with Gasteiger partial charge in [0.25, 0.3) is 0 Å². The zero-order valence-electron chi connectivity index (χ0n) is 22.5. The van der Waals surface area contributed by atoms with Crippen molar-refractivity contribution >= 4 is 0 Å². The molecule has 0 aromatic heterocycles. The molecule has 4 aliphatic rings. The molecule has 0 nitrogen and oxygen atoms in total. The van der Waals surface area contributed by atoms with Crippen LogP contribution in [0.1, 0.15) is 99.3 Å². The third kappa shape index (κ3) is 4.84. The van der Waals surface area contributed by atoms with Crippen molar-refractivity contribution in [2.45, 2.75) is 111 Å². The summed E-state index contributed by atoms with van der Waals surface area (Å²) in [7, 11) is 0. The maximum absolute atomic E-state index is 2.68. The van der Waals surface area contributed by atoms with Crippen molar-refractivity contribution in [2.24, 2.45) is 22.7 Å². The van der Waals surface area contributed by atoms with Crippen LogP contribution in [0.25, 0.3) is 0 Å². The zero-order chi connectivity index (χ0) is 23.6. The summed E-state index contributed by atoms with van der Waals surface area (Å²) < 4.78 is 4.41. The van der Waals surface area contributed by atoms with Gasteiger partial charge in [0, 0.05) is 0 Å². The minimum absolute atomic E-state index is 0.211. The number of rotatable bonds is 9. The Morgan fingerprint density at radius 2 is 1.76 bits per heavy atom. The summed E-state index contributed by atoms with van der Waals surface area (Å²) in [4.78, 5) is 0. The minimum atomic E-state index is -1.43. The molecule has 0 saturated heterocycles. The molecule has 0 heterocycles. The molecule has 0 aliphatic heterocycles. The topological polar surface area (TPSA) is 0 Å². The van der Waals surface area contributed by atoms with E-state index in [0.717, 1.165) is 21.9 Å².